The van der Waals surface area contributed by atoms with E-state index < -0.39 is 0 Å². The van der Waals surface area contributed by atoms with Crippen LogP contribution in [0.1, 0.15) is 12.8 Å². The molecule has 2 aliphatic rings. The Morgan fingerprint density at radius 1 is 1.30 bits per heavy atom. The fourth-order valence-electron chi connectivity index (χ4n) is 2.57. The molecular weight excluding hydrogens is 435 g/mol. The van der Waals surface area contributed by atoms with Crippen molar-refractivity contribution in [2.24, 2.45) is 5.92 Å². The third-order valence-electron chi connectivity index (χ3n) is 3.85. The van der Waals surface area contributed by atoms with E-state index in [1.54, 1.807) is 0 Å². The van der Waals surface area contributed by atoms with Crippen molar-refractivity contribution in [3.63, 3.8) is 0 Å². The van der Waals surface area contributed by atoms with Gasteiger partial charge in [0.15, 0.2) is 0 Å². The molecule has 0 radical (unpaired) electrons. The second-order valence-corrected chi connectivity index (χ2v) is 7.17. The van der Waals surface area contributed by atoms with Crippen molar-refractivity contribution in [3.8, 4) is 5.75 Å². The number of hydrogen-bond donors (Lipinski definition) is 0. The van der Waals surface area contributed by atoms with E-state index in [1.165, 1.54) is 12.8 Å². The van der Waals surface area contributed by atoms with Gasteiger partial charge in [-0.3, -0.25) is 0 Å². The fraction of sp³-hybridized carbons (Fsp3) is 0.600. The predicted molar refractivity (Wildman–Crippen MR) is 89.7 cm³/mol. The molecule has 0 unspecified atom stereocenters. The third-order valence-corrected chi connectivity index (χ3v) is 5.67. The quantitative estimate of drug-likeness (QED) is 0.502. The van der Waals surface area contributed by atoms with Gasteiger partial charge in [-0.2, -0.15) is 0 Å². The zero-order valence-corrected chi connectivity index (χ0v) is 14.9. The minimum atomic E-state index is -0.0768. The Hall–Kier alpha value is 0.150. The van der Waals surface area contributed by atoms with Gasteiger partial charge in [0, 0.05) is 8.90 Å². The lowest BCUT2D eigenvalue weighted by atomic mass is 10.00. The van der Waals surface area contributed by atoms with E-state index in [0.717, 1.165) is 21.3 Å². The van der Waals surface area contributed by atoms with Gasteiger partial charge in [0.05, 0.1) is 13.2 Å². The molecule has 110 valence electrons. The molecule has 1 aromatic rings. The highest BCUT2D eigenvalue weighted by Gasteiger charge is 2.49. The number of benzene rings is 1. The first kappa shape index (κ1) is 15.1. The second kappa shape index (κ2) is 6.50. The maximum absolute atomic E-state index is 6.33. The predicted octanol–water partition coefficient (Wildman–Crippen LogP) is 3.83. The molecule has 2 atom stereocenters. The molecule has 3 rings (SSSR count). The van der Waals surface area contributed by atoms with Crippen molar-refractivity contribution in [2.75, 3.05) is 24.2 Å². The summed E-state index contributed by atoms with van der Waals surface area (Å²) in [6, 6.07) is 7.88. The molecule has 0 bridgehead atoms. The lowest BCUT2D eigenvalue weighted by molar-refractivity contribution is -0.202. The van der Waals surface area contributed by atoms with E-state index in [1.807, 2.05) is 24.3 Å². The third kappa shape index (κ3) is 3.48. The summed E-state index contributed by atoms with van der Waals surface area (Å²) in [5.74, 6) is 1.55. The molecule has 1 heterocycles. The molecule has 1 aliphatic carbocycles. The minimum absolute atomic E-state index is 0.0303. The SMILES string of the molecule is Brc1ccc(OC[C@@H]2COC[C@](CI)(C3CC3)O2)cc1. The molecular formula is C15H18BrIO3. The molecule has 0 spiro atoms. The summed E-state index contributed by atoms with van der Waals surface area (Å²) in [6.45, 7) is 1.91. The molecule has 1 aromatic carbocycles. The molecule has 0 amide bonds. The molecule has 5 heteroatoms. The molecule has 3 nitrogen and oxygen atoms in total. The number of alkyl halides is 1. The van der Waals surface area contributed by atoms with E-state index in [2.05, 4.69) is 38.5 Å². The standard InChI is InChI=1S/C15H18BrIO3/c16-12-3-5-13(6-4-12)19-8-14-7-18-10-15(9-17,20-14)11-1-2-11/h3-6,11,14H,1-2,7-10H2/t14-,15+/m0/s1. The first-order valence-corrected chi connectivity index (χ1v) is 9.23. The van der Waals surface area contributed by atoms with E-state index in [9.17, 15) is 0 Å². The topological polar surface area (TPSA) is 27.7 Å². The fourth-order valence-corrected chi connectivity index (χ4v) is 3.86. The molecule has 2 fully saturated rings. The average molecular weight is 453 g/mol. The van der Waals surface area contributed by atoms with Crippen molar-refractivity contribution < 1.29 is 14.2 Å². The Kier molecular flexibility index (Phi) is 4.90. The van der Waals surface area contributed by atoms with Gasteiger partial charge in [0.1, 0.15) is 24.1 Å². The lowest BCUT2D eigenvalue weighted by Gasteiger charge is -2.40. The maximum Gasteiger partial charge on any atom is 0.119 e. The van der Waals surface area contributed by atoms with E-state index >= 15 is 0 Å². The first-order valence-electron chi connectivity index (χ1n) is 6.92. The number of hydrogen-bond acceptors (Lipinski definition) is 3. The van der Waals surface area contributed by atoms with Gasteiger partial charge in [-0.05, 0) is 43.0 Å². The van der Waals surface area contributed by atoms with Crippen LogP contribution in [0.5, 0.6) is 5.75 Å². The maximum atomic E-state index is 6.33. The van der Waals surface area contributed by atoms with Gasteiger partial charge in [0.25, 0.3) is 0 Å². The van der Waals surface area contributed by atoms with E-state index in [0.29, 0.717) is 19.1 Å². The molecule has 1 saturated heterocycles. The van der Waals surface area contributed by atoms with Gasteiger partial charge >= 0.3 is 0 Å². The highest BCUT2D eigenvalue weighted by molar-refractivity contribution is 14.1. The summed E-state index contributed by atoms with van der Waals surface area (Å²) < 4.78 is 20.0. The average Bonchev–Trinajstić information content (AvgIpc) is 3.32. The minimum Gasteiger partial charge on any atom is -0.491 e. The van der Waals surface area contributed by atoms with Gasteiger partial charge in [-0.1, -0.05) is 38.5 Å². The van der Waals surface area contributed by atoms with Crippen molar-refractivity contribution in [2.45, 2.75) is 24.5 Å². The summed E-state index contributed by atoms with van der Waals surface area (Å²) in [7, 11) is 0. The summed E-state index contributed by atoms with van der Waals surface area (Å²) in [5, 5.41) is 0. The number of rotatable bonds is 5. The number of ether oxygens (including phenoxy) is 3. The Balaban J connectivity index is 1.56. The molecule has 1 aliphatic heterocycles. The van der Waals surface area contributed by atoms with Gasteiger partial charge < -0.3 is 14.2 Å². The highest BCUT2D eigenvalue weighted by Crippen LogP contribution is 2.45. The van der Waals surface area contributed by atoms with Crippen LogP contribution in [0.25, 0.3) is 0 Å². The van der Waals surface area contributed by atoms with Crippen LogP contribution in [0, 0.1) is 5.92 Å². The zero-order valence-electron chi connectivity index (χ0n) is 11.2. The van der Waals surface area contributed by atoms with Crippen molar-refractivity contribution in [1.82, 2.24) is 0 Å². The van der Waals surface area contributed by atoms with Crippen molar-refractivity contribution >= 4 is 38.5 Å². The van der Waals surface area contributed by atoms with Crippen molar-refractivity contribution in [3.05, 3.63) is 28.7 Å². The van der Waals surface area contributed by atoms with Gasteiger partial charge in [-0.25, -0.2) is 0 Å². The first-order chi connectivity index (χ1) is 9.72. The van der Waals surface area contributed by atoms with Crippen LogP contribution in [0.3, 0.4) is 0 Å². The Morgan fingerprint density at radius 2 is 2.05 bits per heavy atom. The van der Waals surface area contributed by atoms with Crippen LogP contribution < -0.4 is 4.74 Å². The van der Waals surface area contributed by atoms with Crippen LogP contribution >= 0.6 is 38.5 Å². The normalized spacial score (nSPS) is 30.2. The Bertz CT molecular complexity index is 449. The zero-order chi connectivity index (χ0) is 14.0. The molecule has 20 heavy (non-hydrogen) atoms. The summed E-state index contributed by atoms with van der Waals surface area (Å²) in [4.78, 5) is 0. The van der Waals surface area contributed by atoms with Crippen LogP contribution in [-0.2, 0) is 9.47 Å². The lowest BCUT2D eigenvalue weighted by Crippen LogP contribution is -2.52. The summed E-state index contributed by atoms with van der Waals surface area (Å²) >= 11 is 5.84. The van der Waals surface area contributed by atoms with Crippen LogP contribution in [0.2, 0.25) is 0 Å². The highest BCUT2D eigenvalue weighted by atomic mass is 127. The largest absolute Gasteiger partial charge is 0.491 e. The smallest absolute Gasteiger partial charge is 0.119 e. The van der Waals surface area contributed by atoms with Crippen LogP contribution in [-0.4, -0.2) is 36.0 Å². The Labute approximate surface area is 141 Å². The van der Waals surface area contributed by atoms with Crippen molar-refractivity contribution in [1.29, 1.82) is 0 Å². The monoisotopic (exact) mass is 452 g/mol. The van der Waals surface area contributed by atoms with Gasteiger partial charge in [-0.15, -0.1) is 0 Å². The summed E-state index contributed by atoms with van der Waals surface area (Å²) in [5.41, 5.74) is -0.0768. The summed E-state index contributed by atoms with van der Waals surface area (Å²) in [6.07, 6.45) is 2.57. The second-order valence-electron chi connectivity index (χ2n) is 5.49. The van der Waals surface area contributed by atoms with Crippen LogP contribution in [0.15, 0.2) is 28.7 Å². The molecule has 0 N–H and O–H groups in total. The van der Waals surface area contributed by atoms with Crippen LogP contribution in [0.4, 0.5) is 0 Å². The van der Waals surface area contributed by atoms with E-state index in [-0.39, 0.29) is 11.7 Å². The Morgan fingerprint density at radius 3 is 2.70 bits per heavy atom. The molecule has 0 aromatic heterocycles. The van der Waals surface area contributed by atoms with E-state index in [4.69, 9.17) is 14.2 Å². The number of halogens is 2. The molecule has 1 saturated carbocycles. The van der Waals surface area contributed by atoms with Gasteiger partial charge in [0.2, 0.25) is 0 Å².